The van der Waals surface area contributed by atoms with E-state index in [-0.39, 0.29) is 30.6 Å². The molecule has 0 unspecified atom stereocenters. The zero-order chi connectivity index (χ0) is 20.8. The number of benzene rings is 2. The van der Waals surface area contributed by atoms with E-state index in [0.717, 1.165) is 16.5 Å². The van der Waals surface area contributed by atoms with Gasteiger partial charge in [0, 0.05) is 34.8 Å². The number of carbonyl (C=O) groups is 3. The van der Waals surface area contributed by atoms with E-state index in [1.54, 1.807) is 30.5 Å². The van der Waals surface area contributed by atoms with Crippen LogP contribution in [0.3, 0.4) is 0 Å². The predicted molar refractivity (Wildman–Crippen MR) is 112 cm³/mol. The summed E-state index contributed by atoms with van der Waals surface area (Å²) in [5.74, 6) is -0.543. The SMILES string of the molecule is CC(C)CC(=O)Nc1ccc(C(=O)COC(=O)Cc2c[nH]c3ccccc23)cc1. The number of ketones is 1. The van der Waals surface area contributed by atoms with E-state index in [1.807, 2.05) is 38.1 Å². The summed E-state index contributed by atoms with van der Waals surface area (Å²) in [6, 6.07) is 14.2. The van der Waals surface area contributed by atoms with E-state index in [2.05, 4.69) is 10.3 Å². The standard InChI is InChI=1S/C23H24N2O4/c1-15(2)11-22(27)25-18-9-7-16(8-10-18)21(26)14-29-23(28)12-17-13-24-20-6-4-3-5-19(17)20/h3-10,13,15,24H,11-12,14H2,1-2H3,(H,25,27). The van der Waals surface area contributed by atoms with Gasteiger partial charge in [-0.2, -0.15) is 0 Å². The minimum Gasteiger partial charge on any atom is -0.457 e. The van der Waals surface area contributed by atoms with E-state index in [0.29, 0.717) is 17.7 Å². The molecule has 150 valence electrons. The van der Waals surface area contributed by atoms with Crippen LogP contribution in [0.25, 0.3) is 10.9 Å². The highest BCUT2D eigenvalue weighted by molar-refractivity contribution is 5.99. The summed E-state index contributed by atoms with van der Waals surface area (Å²) in [5, 5.41) is 3.75. The van der Waals surface area contributed by atoms with Gasteiger partial charge in [-0.3, -0.25) is 14.4 Å². The van der Waals surface area contributed by atoms with Gasteiger partial charge in [-0.05, 0) is 41.8 Å². The van der Waals surface area contributed by atoms with E-state index >= 15 is 0 Å². The van der Waals surface area contributed by atoms with Gasteiger partial charge in [-0.15, -0.1) is 0 Å². The maximum Gasteiger partial charge on any atom is 0.310 e. The highest BCUT2D eigenvalue weighted by Gasteiger charge is 2.13. The molecule has 2 N–H and O–H groups in total. The molecular weight excluding hydrogens is 368 g/mol. The van der Waals surface area contributed by atoms with Crippen LogP contribution in [-0.4, -0.2) is 29.3 Å². The third-order valence-corrected chi connectivity index (χ3v) is 4.46. The normalized spacial score (nSPS) is 10.9. The number of aromatic amines is 1. The number of hydrogen-bond donors (Lipinski definition) is 2. The molecule has 1 aromatic heterocycles. The monoisotopic (exact) mass is 392 g/mol. The average molecular weight is 392 g/mol. The van der Waals surface area contributed by atoms with Crippen molar-refractivity contribution < 1.29 is 19.1 Å². The van der Waals surface area contributed by atoms with E-state index in [9.17, 15) is 14.4 Å². The summed E-state index contributed by atoms with van der Waals surface area (Å²) in [5.41, 5.74) is 2.83. The molecule has 29 heavy (non-hydrogen) atoms. The van der Waals surface area contributed by atoms with Gasteiger partial charge in [0.1, 0.15) is 0 Å². The fourth-order valence-electron chi connectivity index (χ4n) is 3.04. The first-order valence-corrected chi connectivity index (χ1v) is 9.56. The van der Waals surface area contributed by atoms with Crippen LogP contribution in [0.5, 0.6) is 0 Å². The third-order valence-electron chi connectivity index (χ3n) is 4.46. The molecule has 6 nitrogen and oxygen atoms in total. The van der Waals surface area contributed by atoms with Crippen LogP contribution >= 0.6 is 0 Å². The van der Waals surface area contributed by atoms with Crippen LogP contribution < -0.4 is 5.32 Å². The topological polar surface area (TPSA) is 88.3 Å². The number of anilines is 1. The van der Waals surface area contributed by atoms with E-state index in [1.165, 1.54) is 0 Å². The summed E-state index contributed by atoms with van der Waals surface area (Å²) >= 11 is 0. The molecule has 0 atom stereocenters. The van der Waals surface area contributed by atoms with Crippen molar-refractivity contribution in [2.45, 2.75) is 26.7 Å². The van der Waals surface area contributed by atoms with Crippen molar-refractivity contribution in [2.75, 3.05) is 11.9 Å². The Bertz CT molecular complexity index is 1020. The Labute approximate surface area is 169 Å². The maximum atomic E-state index is 12.3. The Morgan fingerprint density at radius 3 is 2.48 bits per heavy atom. The van der Waals surface area contributed by atoms with Crippen molar-refractivity contribution in [1.82, 2.24) is 4.98 Å². The highest BCUT2D eigenvalue weighted by atomic mass is 16.5. The lowest BCUT2D eigenvalue weighted by Crippen LogP contribution is -2.16. The number of esters is 1. The molecule has 0 saturated heterocycles. The molecule has 1 amide bonds. The van der Waals surface area contributed by atoms with Gasteiger partial charge in [-0.25, -0.2) is 0 Å². The number of amides is 1. The van der Waals surface area contributed by atoms with Crippen LogP contribution in [0.1, 0.15) is 36.2 Å². The minimum absolute atomic E-state index is 0.0645. The molecule has 0 fully saturated rings. The molecule has 0 bridgehead atoms. The number of nitrogens with one attached hydrogen (secondary N) is 2. The largest absolute Gasteiger partial charge is 0.457 e. The lowest BCUT2D eigenvalue weighted by molar-refractivity contribution is -0.141. The van der Waals surface area contributed by atoms with E-state index < -0.39 is 5.97 Å². The Hall–Kier alpha value is -3.41. The first-order chi connectivity index (χ1) is 13.9. The molecule has 3 rings (SSSR count). The first-order valence-electron chi connectivity index (χ1n) is 9.56. The number of carbonyl (C=O) groups excluding carboxylic acids is 3. The van der Waals surface area contributed by atoms with Gasteiger partial charge in [-0.1, -0.05) is 32.0 Å². The minimum atomic E-state index is -0.458. The van der Waals surface area contributed by atoms with Gasteiger partial charge in [0.2, 0.25) is 5.91 Å². The number of aromatic nitrogens is 1. The molecule has 1 heterocycles. The molecule has 0 radical (unpaired) electrons. The van der Waals surface area contributed by atoms with Crippen LogP contribution in [0.4, 0.5) is 5.69 Å². The van der Waals surface area contributed by atoms with Crippen molar-refractivity contribution in [3.63, 3.8) is 0 Å². The summed E-state index contributed by atoms with van der Waals surface area (Å²) in [4.78, 5) is 39.3. The first kappa shape index (κ1) is 20.3. The predicted octanol–water partition coefficient (Wildman–Crippen LogP) is 4.12. The van der Waals surface area contributed by atoms with Crippen molar-refractivity contribution in [2.24, 2.45) is 5.92 Å². The summed E-state index contributed by atoms with van der Waals surface area (Å²) in [6.45, 7) is 3.63. The van der Waals surface area contributed by atoms with Gasteiger partial charge in [0.15, 0.2) is 12.4 Å². The average Bonchev–Trinajstić information content (AvgIpc) is 3.09. The third kappa shape index (κ3) is 5.54. The molecular formula is C23H24N2O4. The molecule has 0 aliphatic heterocycles. The van der Waals surface area contributed by atoms with E-state index in [4.69, 9.17) is 4.74 Å². The molecule has 0 saturated carbocycles. The van der Waals surface area contributed by atoms with Gasteiger partial charge < -0.3 is 15.0 Å². The number of ether oxygens (including phenoxy) is 1. The van der Waals surface area contributed by atoms with Crippen LogP contribution in [-0.2, 0) is 20.7 Å². The lowest BCUT2D eigenvalue weighted by atomic mass is 10.1. The smallest absolute Gasteiger partial charge is 0.310 e. The second-order valence-corrected chi connectivity index (χ2v) is 7.34. The molecule has 2 aromatic carbocycles. The number of H-pyrrole nitrogens is 1. The summed E-state index contributed by atoms with van der Waals surface area (Å²) < 4.78 is 5.15. The van der Waals surface area contributed by atoms with Gasteiger partial charge in [0.25, 0.3) is 0 Å². The highest BCUT2D eigenvalue weighted by Crippen LogP contribution is 2.18. The van der Waals surface area contributed by atoms with Crippen molar-refractivity contribution >= 4 is 34.3 Å². The summed E-state index contributed by atoms with van der Waals surface area (Å²) in [7, 11) is 0. The van der Waals surface area contributed by atoms with Crippen molar-refractivity contribution in [1.29, 1.82) is 0 Å². The number of rotatable bonds is 8. The Morgan fingerprint density at radius 2 is 1.76 bits per heavy atom. The molecule has 0 spiro atoms. The van der Waals surface area contributed by atoms with Crippen molar-refractivity contribution in [3.05, 3.63) is 65.9 Å². The number of fused-ring (bicyclic) bond motifs is 1. The van der Waals surface area contributed by atoms with Gasteiger partial charge in [0.05, 0.1) is 6.42 Å². The molecule has 0 aliphatic rings. The second-order valence-electron chi connectivity index (χ2n) is 7.34. The Balaban J connectivity index is 1.51. The van der Waals surface area contributed by atoms with Crippen LogP contribution in [0.15, 0.2) is 54.7 Å². The fourth-order valence-corrected chi connectivity index (χ4v) is 3.04. The second kappa shape index (κ2) is 9.19. The number of para-hydroxylation sites is 1. The molecule has 0 aliphatic carbocycles. The quantitative estimate of drug-likeness (QED) is 0.446. The maximum absolute atomic E-state index is 12.3. The lowest BCUT2D eigenvalue weighted by Gasteiger charge is -2.08. The number of Topliss-reactive ketones (excluding diaryl/α,β-unsaturated/α-hetero) is 1. The Kier molecular flexibility index (Phi) is 6.44. The Morgan fingerprint density at radius 1 is 1.03 bits per heavy atom. The van der Waals surface area contributed by atoms with Gasteiger partial charge >= 0.3 is 5.97 Å². The summed E-state index contributed by atoms with van der Waals surface area (Å²) in [6.07, 6.45) is 2.31. The fraction of sp³-hybridized carbons (Fsp3) is 0.261. The zero-order valence-electron chi connectivity index (χ0n) is 16.5. The zero-order valence-corrected chi connectivity index (χ0v) is 16.5. The van der Waals surface area contributed by atoms with Crippen LogP contribution in [0, 0.1) is 5.92 Å². The molecule has 6 heteroatoms. The van der Waals surface area contributed by atoms with Crippen LogP contribution in [0.2, 0.25) is 0 Å². The van der Waals surface area contributed by atoms with Crippen molar-refractivity contribution in [3.8, 4) is 0 Å². The molecule has 3 aromatic rings. The number of hydrogen-bond acceptors (Lipinski definition) is 4.